The van der Waals surface area contributed by atoms with Gasteiger partial charge in [-0.05, 0) is 30.3 Å². The summed E-state index contributed by atoms with van der Waals surface area (Å²) >= 11 is 0. The molecule has 3 aromatic rings. The fraction of sp³-hybridized carbons (Fsp3) is 0.0625. The molecule has 4 nitrogen and oxygen atoms in total. The molecule has 2 aromatic carbocycles. The Morgan fingerprint density at radius 1 is 1.05 bits per heavy atom. The van der Waals surface area contributed by atoms with Gasteiger partial charge in [0.1, 0.15) is 17.7 Å². The van der Waals surface area contributed by atoms with E-state index in [1.807, 2.05) is 48.5 Å². The molecule has 100 valence electrons. The standard InChI is InChI=1S/C16H14N2O2/c1-19-14-4-2-3-12(9-14)16-18-15(10-20-16)11-5-7-13(17)8-6-11/h2-10H,17H2,1H3. The van der Waals surface area contributed by atoms with Crippen molar-refractivity contribution in [1.82, 2.24) is 4.98 Å². The van der Waals surface area contributed by atoms with E-state index in [2.05, 4.69) is 4.98 Å². The van der Waals surface area contributed by atoms with Gasteiger partial charge < -0.3 is 14.9 Å². The smallest absolute Gasteiger partial charge is 0.226 e. The van der Waals surface area contributed by atoms with Gasteiger partial charge in [-0.25, -0.2) is 4.98 Å². The van der Waals surface area contributed by atoms with E-state index < -0.39 is 0 Å². The zero-order valence-electron chi connectivity index (χ0n) is 11.0. The van der Waals surface area contributed by atoms with Crippen LogP contribution in [0.5, 0.6) is 5.75 Å². The SMILES string of the molecule is COc1cccc(-c2nc(-c3ccc(N)cc3)co2)c1. The summed E-state index contributed by atoms with van der Waals surface area (Å²) in [5.74, 6) is 1.34. The van der Waals surface area contributed by atoms with Gasteiger partial charge in [-0.15, -0.1) is 0 Å². The van der Waals surface area contributed by atoms with Gasteiger partial charge in [0, 0.05) is 16.8 Å². The normalized spacial score (nSPS) is 10.4. The Morgan fingerprint density at radius 3 is 2.60 bits per heavy atom. The number of methoxy groups -OCH3 is 1. The van der Waals surface area contributed by atoms with Crippen molar-refractivity contribution in [2.45, 2.75) is 0 Å². The van der Waals surface area contributed by atoms with Crippen molar-refractivity contribution in [1.29, 1.82) is 0 Å². The zero-order valence-corrected chi connectivity index (χ0v) is 11.0. The molecule has 1 heterocycles. The molecule has 0 amide bonds. The molecule has 0 spiro atoms. The fourth-order valence-corrected chi connectivity index (χ4v) is 1.95. The second-order valence-corrected chi connectivity index (χ2v) is 4.39. The monoisotopic (exact) mass is 266 g/mol. The average Bonchev–Trinajstić information content (AvgIpc) is 2.98. The van der Waals surface area contributed by atoms with Crippen molar-refractivity contribution in [3.8, 4) is 28.5 Å². The minimum absolute atomic E-state index is 0.565. The lowest BCUT2D eigenvalue weighted by atomic mass is 10.1. The molecule has 0 atom stereocenters. The third kappa shape index (κ3) is 2.36. The number of nitrogen functional groups attached to an aromatic ring is 1. The Morgan fingerprint density at radius 2 is 1.85 bits per heavy atom. The van der Waals surface area contributed by atoms with Gasteiger partial charge in [-0.2, -0.15) is 0 Å². The molecule has 0 aliphatic carbocycles. The zero-order chi connectivity index (χ0) is 13.9. The van der Waals surface area contributed by atoms with Crippen LogP contribution in [0.3, 0.4) is 0 Å². The topological polar surface area (TPSA) is 61.3 Å². The quantitative estimate of drug-likeness (QED) is 0.736. The van der Waals surface area contributed by atoms with E-state index in [0.29, 0.717) is 5.89 Å². The number of aromatic nitrogens is 1. The molecule has 0 fully saturated rings. The number of benzene rings is 2. The molecule has 2 N–H and O–H groups in total. The molecule has 0 aliphatic heterocycles. The lowest BCUT2D eigenvalue weighted by molar-refractivity contribution is 0.414. The van der Waals surface area contributed by atoms with E-state index in [4.69, 9.17) is 14.9 Å². The first-order chi connectivity index (χ1) is 9.76. The highest BCUT2D eigenvalue weighted by molar-refractivity contribution is 5.65. The molecule has 0 unspecified atom stereocenters. The first-order valence-corrected chi connectivity index (χ1v) is 6.22. The summed E-state index contributed by atoms with van der Waals surface area (Å²) in [4.78, 5) is 4.49. The minimum Gasteiger partial charge on any atom is -0.497 e. The summed E-state index contributed by atoms with van der Waals surface area (Å²) in [6, 6.07) is 15.1. The van der Waals surface area contributed by atoms with E-state index >= 15 is 0 Å². The molecule has 0 aliphatic rings. The van der Waals surface area contributed by atoms with Gasteiger partial charge in [-0.1, -0.05) is 18.2 Å². The summed E-state index contributed by atoms with van der Waals surface area (Å²) in [6.07, 6.45) is 1.64. The highest BCUT2D eigenvalue weighted by Crippen LogP contribution is 2.27. The van der Waals surface area contributed by atoms with E-state index in [-0.39, 0.29) is 0 Å². The maximum Gasteiger partial charge on any atom is 0.226 e. The van der Waals surface area contributed by atoms with Crippen LogP contribution in [0, 0.1) is 0 Å². The fourth-order valence-electron chi connectivity index (χ4n) is 1.95. The largest absolute Gasteiger partial charge is 0.497 e. The molecular formula is C16H14N2O2. The number of oxazole rings is 1. The molecular weight excluding hydrogens is 252 g/mol. The number of nitrogens with two attached hydrogens (primary N) is 1. The van der Waals surface area contributed by atoms with Crippen LogP contribution in [0.1, 0.15) is 0 Å². The first kappa shape index (κ1) is 12.3. The van der Waals surface area contributed by atoms with Crippen molar-refractivity contribution in [2.75, 3.05) is 12.8 Å². The predicted octanol–water partition coefficient (Wildman–Crippen LogP) is 3.60. The minimum atomic E-state index is 0.565. The second-order valence-electron chi connectivity index (χ2n) is 4.39. The number of hydrogen-bond acceptors (Lipinski definition) is 4. The van der Waals surface area contributed by atoms with Crippen molar-refractivity contribution in [3.05, 3.63) is 54.8 Å². The van der Waals surface area contributed by atoms with Crippen LogP contribution >= 0.6 is 0 Å². The van der Waals surface area contributed by atoms with Crippen LogP contribution in [0.15, 0.2) is 59.2 Å². The molecule has 20 heavy (non-hydrogen) atoms. The number of nitrogens with zero attached hydrogens (tertiary/aromatic N) is 1. The van der Waals surface area contributed by atoms with Crippen molar-refractivity contribution in [2.24, 2.45) is 0 Å². The third-order valence-corrected chi connectivity index (χ3v) is 3.03. The second kappa shape index (κ2) is 5.09. The number of anilines is 1. The maximum atomic E-state index is 5.68. The van der Waals surface area contributed by atoms with Gasteiger partial charge in [0.15, 0.2) is 0 Å². The Kier molecular flexibility index (Phi) is 3.13. The molecule has 0 radical (unpaired) electrons. The van der Waals surface area contributed by atoms with Crippen LogP contribution in [0.2, 0.25) is 0 Å². The Labute approximate surface area is 116 Å². The van der Waals surface area contributed by atoms with E-state index in [9.17, 15) is 0 Å². The summed E-state index contributed by atoms with van der Waals surface area (Å²) in [5, 5.41) is 0. The summed E-state index contributed by atoms with van der Waals surface area (Å²) in [7, 11) is 1.63. The summed E-state index contributed by atoms with van der Waals surface area (Å²) in [5.41, 5.74) is 9.03. The van der Waals surface area contributed by atoms with Crippen molar-refractivity contribution < 1.29 is 9.15 Å². The van der Waals surface area contributed by atoms with Crippen LogP contribution in [0.25, 0.3) is 22.7 Å². The van der Waals surface area contributed by atoms with Crippen LogP contribution < -0.4 is 10.5 Å². The summed E-state index contributed by atoms with van der Waals surface area (Å²) < 4.78 is 10.7. The number of rotatable bonds is 3. The van der Waals surface area contributed by atoms with Gasteiger partial charge >= 0.3 is 0 Å². The molecule has 0 bridgehead atoms. The van der Waals surface area contributed by atoms with Crippen molar-refractivity contribution in [3.63, 3.8) is 0 Å². The predicted molar refractivity (Wildman–Crippen MR) is 78.3 cm³/mol. The lowest BCUT2D eigenvalue weighted by Crippen LogP contribution is -1.85. The average molecular weight is 266 g/mol. The number of hydrogen-bond donors (Lipinski definition) is 1. The third-order valence-electron chi connectivity index (χ3n) is 3.03. The van der Waals surface area contributed by atoms with Crippen LogP contribution in [-0.2, 0) is 0 Å². The Bertz CT molecular complexity index is 717. The maximum absolute atomic E-state index is 5.68. The van der Waals surface area contributed by atoms with E-state index in [1.54, 1.807) is 13.4 Å². The van der Waals surface area contributed by atoms with Crippen molar-refractivity contribution >= 4 is 5.69 Å². The van der Waals surface area contributed by atoms with Crippen LogP contribution in [-0.4, -0.2) is 12.1 Å². The number of ether oxygens (including phenoxy) is 1. The molecule has 4 heteroatoms. The van der Waals surface area contributed by atoms with E-state index in [0.717, 1.165) is 28.3 Å². The molecule has 3 rings (SSSR count). The first-order valence-electron chi connectivity index (χ1n) is 6.22. The molecule has 0 saturated heterocycles. The Balaban J connectivity index is 1.95. The van der Waals surface area contributed by atoms with Crippen LogP contribution in [0.4, 0.5) is 5.69 Å². The highest BCUT2D eigenvalue weighted by atomic mass is 16.5. The van der Waals surface area contributed by atoms with Gasteiger partial charge in [0.2, 0.25) is 5.89 Å². The summed E-state index contributed by atoms with van der Waals surface area (Å²) in [6.45, 7) is 0. The van der Waals surface area contributed by atoms with Gasteiger partial charge in [0.25, 0.3) is 0 Å². The Hall–Kier alpha value is -2.75. The molecule has 0 saturated carbocycles. The lowest BCUT2D eigenvalue weighted by Gasteiger charge is -2.00. The highest BCUT2D eigenvalue weighted by Gasteiger charge is 2.09. The molecule has 1 aromatic heterocycles. The van der Waals surface area contributed by atoms with Gasteiger partial charge in [-0.3, -0.25) is 0 Å². The van der Waals surface area contributed by atoms with E-state index in [1.165, 1.54) is 0 Å². The van der Waals surface area contributed by atoms with Gasteiger partial charge in [0.05, 0.1) is 7.11 Å².